The van der Waals surface area contributed by atoms with Gasteiger partial charge in [0.15, 0.2) is 0 Å². The maximum Gasteiger partial charge on any atom is 0.311 e. The zero-order valence-corrected chi connectivity index (χ0v) is 16.0. The highest BCUT2D eigenvalue weighted by Crippen LogP contribution is 2.45. The molecule has 0 bridgehead atoms. The molecule has 0 atom stereocenters. The number of para-hydroxylation sites is 2. The summed E-state index contributed by atoms with van der Waals surface area (Å²) < 4.78 is 1.90. The van der Waals surface area contributed by atoms with E-state index in [4.69, 9.17) is 0 Å². The predicted octanol–water partition coefficient (Wildman–Crippen LogP) is 3.84. The average Bonchev–Trinajstić information content (AvgIpc) is 3.14. The first kappa shape index (κ1) is 17.9. The van der Waals surface area contributed by atoms with Crippen molar-refractivity contribution in [3.63, 3.8) is 0 Å². The van der Waals surface area contributed by atoms with E-state index in [1.54, 1.807) is 6.07 Å². The molecule has 0 fully saturated rings. The van der Waals surface area contributed by atoms with Crippen LogP contribution in [0, 0.1) is 10.1 Å². The molecule has 2 heterocycles. The van der Waals surface area contributed by atoms with Gasteiger partial charge in [-0.25, -0.2) is 0 Å². The summed E-state index contributed by atoms with van der Waals surface area (Å²) in [5.74, 6) is -1.49. The van der Waals surface area contributed by atoms with E-state index in [0.29, 0.717) is 10.9 Å². The number of rotatable bonds is 2. The van der Waals surface area contributed by atoms with Gasteiger partial charge in [0.1, 0.15) is 0 Å². The van der Waals surface area contributed by atoms with Crippen LogP contribution in [-0.2, 0) is 7.05 Å². The molecule has 0 aliphatic carbocycles. The van der Waals surface area contributed by atoms with Gasteiger partial charge >= 0.3 is 5.69 Å². The molecule has 0 spiro atoms. The maximum atomic E-state index is 13.0. The van der Waals surface area contributed by atoms with E-state index in [1.807, 2.05) is 35.9 Å². The number of carbonyl (C=O) groups excluding carboxylic acids is 2. The number of aromatic nitrogens is 1. The van der Waals surface area contributed by atoms with Gasteiger partial charge in [0, 0.05) is 47.6 Å². The second-order valence-electron chi connectivity index (χ2n) is 7.24. The fourth-order valence-electron chi connectivity index (χ4n) is 4.29. The minimum atomic E-state index is -0.687. The summed E-state index contributed by atoms with van der Waals surface area (Å²) in [6.45, 7) is 0. The summed E-state index contributed by atoms with van der Waals surface area (Å²) in [4.78, 5) is 37.7. The quantitative estimate of drug-likeness (QED) is 0.312. The Balaban J connectivity index is 2.00. The molecule has 0 saturated carbocycles. The standard InChI is InChI=1S/C22H15N3O5/c1-23-14-8-4-3-6-12(14)17-16(23)10-13(18-19(17)22(28)24(2)21(18)27)11-7-5-9-15(20(11)26)25(29)30/h3-10,26H,1-2H3. The third-order valence-electron chi connectivity index (χ3n) is 5.74. The summed E-state index contributed by atoms with van der Waals surface area (Å²) in [6, 6.07) is 13.4. The normalized spacial score (nSPS) is 13.5. The molecular formula is C22H15N3O5. The topological polar surface area (TPSA) is 106 Å². The molecule has 8 heteroatoms. The third-order valence-corrected chi connectivity index (χ3v) is 5.74. The van der Waals surface area contributed by atoms with Crippen LogP contribution < -0.4 is 0 Å². The zero-order chi connectivity index (χ0) is 21.3. The summed E-state index contributed by atoms with van der Waals surface area (Å²) in [5.41, 5.74) is 1.90. The molecule has 5 rings (SSSR count). The minimum Gasteiger partial charge on any atom is -0.502 e. The van der Waals surface area contributed by atoms with Gasteiger partial charge in [-0.15, -0.1) is 0 Å². The number of nitrogens with zero attached hydrogens (tertiary/aromatic N) is 3. The highest BCUT2D eigenvalue weighted by atomic mass is 16.6. The van der Waals surface area contributed by atoms with Gasteiger partial charge in [-0.3, -0.25) is 24.6 Å². The Bertz CT molecular complexity index is 1450. The fraction of sp³-hybridized carbons (Fsp3) is 0.0909. The van der Waals surface area contributed by atoms with Gasteiger partial charge in [0.2, 0.25) is 5.75 Å². The molecule has 1 aliphatic rings. The Morgan fingerprint density at radius 2 is 1.60 bits per heavy atom. The molecule has 8 nitrogen and oxygen atoms in total. The van der Waals surface area contributed by atoms with E-state index in [0.717, 1.165) is 15.8 Å². The number of benzene rings is 3. The first-order chi connectivity index (χ1) is 14.3. The van der Waals surface area contributed by atoms with Crippen molar-refractivity contribution in [2.75, 3.05) is 7.05 Å². The van der Waals surface area contributed by atoms with E-state index < -0.39 is 28.2 Å². The Hall–Kier alpha value is -4.20. The van der Waals surface area contributed by atoms with Crippen molar-refractivity contribution in [2.24, 2.45) is 7.05 Å². The Morgan fingerprint density at radius 3 is 2.33 bits per heavy atom. The minimum absolute atomic E-state index is 0.129. The van der Waals surface area contributed by atoms with Gasteiger partial charge < -0.3 is 9.67 Å². The van der Waals surface area contributed by atoms with Crippen molar-refractivity contribution in [1.29, 1.82) is 0 Å². The highest BCUT2D eigenvalue weighted by Gasteiger charge is 2.39. The number of amides is 2. The number of phenols is 1. The van der Waals surface area contributed by atoms with Crippen molar-refractivity contribution >= 4 is 39.3 Å². The average molecular weight is 401 g/mol. The van der Waals surface area contributed by atoms with Gasteiger partial charge in [-0.05, 0) is 12.1 Å². The molecule has 30 heavy (non-hydrogen) atoms. The Labute approximate surface area is 169 Å². The Kier molecular flexibility index (Phi) is 3.51. The Morgan fingerprint density at radius 1 is 0.900 bits per heavy atom. The number of phenolic OH excluding ortho intramolecular Hbond substituents is 1. The van der Waals surface area contributed by atoms with Gasteiger partial charge in [-0.1, -0.05) is 30.3 Å². The lowest BCUT2D eigenvalue weighted by Gasteiger charge is -2.11. The van der Waals surface area contributed by atoms with Crippen molar-refractivity contribution in [1.82, 2.24) is 9.47 Å². The molecule has 4 aromatic rings. The molecule has 1 aromatic heterocycles. The zero-order valence-electron chi connectivity index (χ0n) is 16.0. The molecule has 3 aromatic carbocycles. The number of fused-ring (bicyclic) bond motifs is 5. The lowest BCUT2D eigenvalue weighted by Crippen LogP contribution is -2.24. The molecule has 0 radical (unpaired) electrons. The van der Waals surface area contributed by atoms with Crippen LogP contribution in [0.1, 0.15) is 20.7 Å². The number of aryl methyl sites for hydroxylation is 1. The first-order valence-corrected chi connectivity index (χ1v) is 9.16. The number of nitro groups is 1. The van der Waals surface area contributed by atoms with E-state index in [2.05, 4.69) is 0 Å². The van der Waals surface area contributed by atoms with Crippen LogP contribution in [0.4, 0.5) is 5.69 Å². The monoisotopic (exact) mass is 401 g/mol. The number of aromatic hydroxyl groups is 1. The summed E-state index contributed by atoms with van der Waals surface area (Å²) >= 11 is 0. The molecule has 1 aliphatic heterocycles. The van der Waals surface area contributed by atoms with E-state index in [9.17, 15) is 24.8 Å². The van der Waals surface area contributed by atoms with Crippen LogP contribution >= 0.6 is 0 Å². The lowest BCUT2D eigenvalue weighted by atomic mass is 9.92. The molecule has 2 amide bonds. The van der Waals surface area contributed by atoms with Gasteiger partial charge in [0.05, 0.1) is 21.6 Å². The van der Waals surface area contributed by atoms with Gasteiger partial charge in [-0.2, -0.15) is 0 Å². The van der Waals surface area contributed by atoms with Crippen molar-refractivity contribution < 1.29 is 19.6 Å². The van der Waals surface area contributed by atoms with Crippen LogP contribution in [0.15, 0.2) is 48.5 Å². The number of carbonyl (C=O) groups is 2. The van der Waals surface area contributed by atoms with Crippen LogP contribution in [0.3, 0.4) is 0 Å². The summed E-state index contributed by atoms with van der Waals surface area (Å²) in [7, 11) is 3.25. The van der Waals surface area contributed by atoms with E-state index in [-0.39, 0.29) is 22.3 Å². The van der Waals surface area contributed by atoms with Crippen molar-refractivity contribution in [2.45, 2.75) is 0 Å². The molecule has 0 unspecified atom stereocenters. The van der Waals surface area contributed by atoms with Crippen molar-refractivity contribution in [3.05, 3.63) is 69.8 Å². The van der Waals surface area contributed by atoms with Crippen LogP contribution in [0.25, 0.3) is 32.9 Å². The maximum absolute atomic E-state index is 13.0. The SMILES string of the molecule is CN1C(=O)c2c(-c3cccc([N+](=O)[O-])c3O)cc3c(c2C1=O)c1ccccc1n3C. The third kappa shape index (κ3) is 2.10. The molecule has 148 valence electrons. The van der Waals surface area contributed by atoms with Crippen molar-refractivity contribution in [3.8, 4) is 16.9 Å². The molecule has 0 saturated heterocycles. The smallest absolute Gasteiger partial charge is 0.311 e. The second-order valence-corrected chi connectivity index (χ2v) is 7.24. The summed E-state index contributed by atoms with van der Waals surface area (Å²) in [5, 5.41) is 23.4. The van der Waals surface area contributed by atoms with Gasteiger partial charge in [0.25, 0.3) is 11.8 Å². The number of hydrogen-bond acceptors (Lipinski definition) is 5. The summed E-state index contributed by atoms with van der Waals surface area (Å²) in [6.07, 6.45) is 0. The van der Waals surface area contributed by atoms with Crippen LogP contribution in [0.5, 0.6) is 5.75 Å². The molecule has 1 N–H and O–H groups in total. The van der Waals surface area contributed by atoms with E-state index >= 15 is 0 Å². The molecular weight excluding hydrogens is 386 g/mol. The largest absolute Gasteiger partial charge is 0.502 e. The lowest BCUT2D eigenvalue weighted by molar-refractivity contribution is -0.385. The number of nitro benzene ring substituents is 1. The highest BCUT2D eigenvalue weighted by molar-refractivity contribution is 6.32. The van der Waals surface area contributed by atoms with Crippen LogP contribution in [0.2, 0.25) is 0 Å². The number of hydrogen-bond donors (Lipinski definition) is 1. The predicted molar refractivity (Wildman–Crippen MR) is 111 cm³/mol. The first-order valence-electron chi connectivity index (χ1n) is 9.16. The number of imide groups is 1. The van der Waals surface area contributed by atoms with Crippen LogP contribution in [-0.4, -0.2) is 38.4 Å². The second kappa shape index (κ2) is 5.90. The fourth-order valence-corrected chi connectivity index (χ4v) is 4.29. The van der Waals surface area contributed by atoms with E-state index in [1.165, 1.54) is 25.2 Å².